The van der Waals surface area contributed by atoms with Gasteiger partial charge >= 0.3 is 11.7 Å². The van der Waals surface area contributed by atoms with Crippen LogP contribution in [0.15, 0.2) is 18.2 Å². The maximum atomic E-state index is 11.4. The van der Waals surface area contributed by atoms with Gasteiger partial charge in [-0.15, -0.1) is 0 Å². The summed E-state index contributed by atoms with van der Waals surface area (Å²) in [5.41, 5.74) is 0.293. The number of nitro groups is 1. The molecule has 0 aliphatic heterocycles. The monoisotopic (exact) mass is 251 g/mol. The number of esters is 1. The van der Waals surface area contributed by atoms with Gasteiger partial charge in [-0.1, -0.05) is 12.2 Å². The molecule has 0 fully saturated rings. The van der Waals surface area contributed by atoms with Crippen LogP contribution in [-0.4, -0.2) is 25.1 Å². The number of nitro benzene ring substituents is 1. The molecule has 0 unspecified atom stereocenters. The molecule has 0 bridgehead atoms. The Balaban J connectivity index is 3.53. The highest BCUT2D eigenvalue weighted by Gasteiger charge is 2.22. The standard InChI is InChI=1S/C12H13NO5/c1-4-5-8-6-9(12(14)18-3)7-10(13(15)16)11(8)17-2/h4-7H,1-3H3. The fraction of sp³-hybridized carbons (Fsp3) is 0.250. The molecule has 0 aliphatic rings. The first-order valence-electron chi connectivity index (χ1n) is 5.12. The zero-order chi connectivity index (χ0) is 13.7. The van der Waals surface area contributed by atoms with Crippen LogP contribution in [-0.2, 0) is 4.74 Å². The third kappa shape index (κ3) is 2.65. The van der Waals surface area contributed by atoms with Gasteiger partial charge in [0.2, 0.25) is 5.75 Å². The smallest absolute Gasteiger partial charge is 0.338 e. The predicted octanol–water partition coefficient (Wildman–Crippen LogP) is 2.42. The molecule has 0 aliphatic carbocycles. The predicted molar refractivity (Wildman–Crippen MR) is 65.7 cm³/mol. The number of ether oxygens (including phenoxy) is 2. The van der Waals surface area contributed by atoms with E-state index in [1.165, 1.54) is 20.3 Å². The lowest BCUT2D eigenvalue weighted by atomic mass is 10.1. The number of allylic oxidation sites excluding steroid dienone is 1. The summed E-state index contributed by atoms with van der Waals surface area (Å²) in [6.07, 6.45) is 3.32. The van der Waals surface area contributed by atoms with Crippen LogP contribution < -0.4 is 4.74 Å². The van der Waals surface area contributed by atoms with Gasteiger partial charge in [0.25, 0.3) is 0 Å². The summed E-state index contributed by atoms with van der Waals surface area (Å²) >= 11 is 0. The van der Waals surface area contributed by atoms with Crippen molar-refractivity contribution in [2.24, 2.45) is 0 Å². The van der Waals surface area contributed by atoms with E-state index in [0.717, 1.165) is 6.07 Å². The highest BCUT2D eigenvalue weighted by molar-refractivity contribution is 5.92. The van der Waals surface area contributed by atoms with E-state index in [1.807, 2.05) is 0 Å². The van der Waals surface area contributed by atoms with Gasteiger partial charge in [-0.2, -0.15) is 0 Å². The summed E-state index contributed by atoms with van der Waals surface area (Å²) in [6, 6.07) is 2.62. The van der Waals surface area contributed by atoms with Crippen molar-refractivity contribution < 1.29 is 19.2 Å². The summed E-state index contributed by atoms with van der Waals surface area (Å²) in [7, 11) is 2.56. The van der Waals surface area contributed by atoms with Crippen molar-refractivity contribution in [3.05, 3.63) is 39.4 Å². The van der Waals surface area contributed by atoms with Crippen molar-refractivity contribution in [2.75, 3.05) is 14.2 Å². The SMILES string of the molecule is CC=Cc1cc(C(=O)OC)cc([N+](=O)[O-])c1OC. The Hall–Kier alpha value is -2.37. The molecule has 0 aromatic heterocycles. The molecule has 0 N–H and O–H groups in total. The van der Waals surface area contributed by atoms with Crippen LogP contribution in [0.1, 0.15) is 22.8 Å². The summed E-state index contributed by atoms with van der Waals surface area (Å²) in [4.78, 5) is 21.8. The van der Waals surface area contributed by atoms with Crippen molar-refractivity contribution in [1.82, 2.24) is 0 Å². The van der Waals surface area contributed by atoms with E-state index >= 15 is 0 Å². The average Bonchev–Trinajstić information content (AvgIpc) is 2.37. The summed E-state index contributed by atoms with van der Waals surface area (Å²) in [6.45, 7) is 1.76. The molecule has 1 aromatic carbocycles. The van der Waals surface area contributed by atoms with E-state index in [9.17, 15) is 14.9 Å². The van der Waals surface area contributed by atoms with Crippen molar-refractivity contribution in [3.8, 4) is 5.75 Å². The first kappa shape index (κ1) is 13.7. The average molecular weight is 251 g/mol. The molecular weight excluding hydrogens is 238 g/mol. The first-order chi connectivity index (χ1) is 8.54. The van der Waals surface area contributed by atoms with Crippen LogP contribution in [0.2, 0.25) is 0 Å². The second-order valence-corrected chi connectivity index (χ2v) is 3.37. The lowest BCUT2D eigenvalue weighted by Gasteiger charge is -2.08. The van der Waals surface area contributed by atoms with Gasteiger partial charge in [0.15, 0.2) is 0 Å². The number of hydrogen-bond donors (Lipinski definition) is 0. The van der Waals surface area contributed by atoms with Crippen molar-refractivity contribution in [2.45, 2.75) is 6.92 Å². The molecule has 0 radical (unpaired) electrons. The molecule has 6 heteroatoms. The molecule has 6 nitrogen and oxygen atoms in total. The Morgan fingerprint density at radius 1 is 1.39 bits per heavy atom. The Labute approximate surface area is 104 Å². The topological polar surface area (TPSA) is 78.7 Å². The molecule has 1 rings (SSSR count). The van der Waals surface area contributed by atoms with Gasteiger partial charge in [0, 0.05) is 11.6 Å². The van der Waals surface area contributed by atoms with Crippen LogP contribution in [0.25, 0.3) is 6.08 Å². The lowest BCUT2D eigenvalue weighted by molar-refractivity contribution is -0.385. The largest absolute Gasteiger partial charge is 0.490 e. The van der Waals surface area contributed by atoms with E-state index < -0.39 is 10.9 Å². The number of carbonyl (C=O) groups is 1. The number of benzene rings is 1. The molecule has 0 heterocycles. The molecule has 0 saturated heterocycles. The number of hydrogen-bond acceptors (Lipinski definition) is 5. The van der Waals surface area contributed by atoms with Gasteiger partial charge in [-0.3, -0.25) is 10.1 Å². The van der Waals surface area contributed by atoms with E-state index in [2.05, 4.69) is 4.74 Å². The highest BCUT2D eigenvalue weighted by Crippen LogP contribution is 2.33. The normalized spacial score (nSPS) is 10.4. The maximum absolute atomic E-state index is 11.4. The Morgan fingerprint density at radius 2 is 2.06 bits per heavy atom. The molecule has 0 spiro atoms. The number of methoxy groups -OCH3 is 2. The van der Waals surface area contributed by atoms with Gasteiger partial charge in [-0.05, 0) is 13.0 Å². The summed E-state index contributed by atoms with van der Waals surface area (Å²) in [5, 5.41) is 10.9. The first-order valence-corrected chi connectivity index (χ1v) is 5.12. The van der Waals surface area contributed by atoms with Crippen molar-refractivity contribution in [3.63, 3.8) is 0 Å². The van der Waals surface area contributed by atoms with Gasteiger partial charge in [-0.25, -0.2) is 4.79 Å². The van der Waals surface area contributed by atoms with Crippen LogP contribution in [0, 0.1) is 10.1 Å². The van der Waals surface area contributed by atoms with Gasteiger partial charge < -0.3 is 9.47 Å². The molecule has 0 atom stereocenters. The van der Waals surface area contributed by atoms with Gasteiger partial charge in [0.1, 0.15) is 0 Å². The second kappa shape index (κ2) is 5.81. The van der Waals surface area contributed by atoms with E-state index in [-0.39, 0.29) is 17.0 Å². The van der Waals surface area contributed by atoms with Crippen molar-refractivity contribution >= 4 is 17.7 Å². The Kier molecular flexibility index (Phi) is 4.42. The van der Waals surface area contributed by atoms with E-state index in [4.69, 9.17) is 4.74 Å². The molecular formula is C12H13NO5. The molecule has 1 aromatic rings. The molecule has 0 saturated carbocycles. The quantitative estimate of drug-likeness (QED) is 0.466. The fourth-order valence-corrected chi connectivity index (χ4v) is 1.53. The van der Waals surface area contributed by atoms with Crippen LogP contribution in [0.3, 0.4) is 0 Å². The minimum absolute atomic E-state index is 0.109. The van der Waals surface area contributed by atoms with Gasteiger partial charge in [0.05, 0.1) is 24.7 Å². The Morgan fingerprint density at radius 3 is 2.50 bits per heavy atom. The third-order valence-electron chi connectivity index (χ3n) is 2.27. The number of rotatable bonds is 4. The third-order valence-corrected chi connectivity index (χ3v) is 2.27. The molecule has 18 heavy (non-hydrogen) atoms. The van der Waals surface area contributed by atoms with Crippen LogP contribution >= 0.6 is 0 Å². The fourth-order valence-electron chi connectivity index (χ4n) is 1.53. The maximum Gasteiger partial charge on any atom is 0.338 e. The number of carbonyl (C=O) groups excluding carboxylic acids is 1. The van der Waals surface area contributed by atoms with Crippen LogP contribution in [0.5, 0.6) is 5.75 Å². The number of nitrogens with zero attached hydrogens (tertiary/aromatic N) is 1. The summed E-state index contributed by atoms with van der Waals surface area (Å²) < 4.78 is 9.56. The zero-order valence-electron chi connectivity index (χ0n) is 10.3. The lowest BCUT2D eigenvalue weighted by Crippen LogP contribution is -2.04. The van der Waals surface area contributed by atoms with Crippen LogP contribution in [0.4, 0.5) is 5.69 Å². The minimum Gasteiger partial charge on any atom is -0.490 e. The van der Waals surface area contributed by atoms with Crippen molar-refractivity contribution in [1.29, 1.82) is 0 Å². The van der Waals surface area contributed by atoms with E-state index in [0.29, 0.717) is 5.56 Å². The minimum atomic E-state index is -0.633. The second-order valence-electron chi connectivity index (χ2n) is 3.37. The molecule has 0 amide bonds. The molecule has 96 valence electrons. The highest BCUT2D eigenvalue weighted by atomic mass is 16.6. The zero-order valence-corrected chi connectivity index (χ0v) is 10.3. The Bertz CT molecular complexity index is 507. The van der Waals surface area contributed by atoms with E-state index in [1.54, 1.807) is 19.1 Å². The summed E-state index contributed by atoms with van der Waals surface area (Å²) in [5.74, 6) is -0.516.